The number of halogens is 1. The molecule has 0 saturated carbocycles. The van der Waals surface area contributed by atoms with Crippen LogP contribution in [0.15, 0.2) is 59.6 Å². The molecule has 0 saturated heterocycles. The van der Waals surface area contributed by atoms with E-state index in [9.17, 15) is 0 Å². The Morgan fingerprint density at radius 3 is 2.15 bits per heavy atom. The SMILES string of the molecule is CN=C(NCCSC)NCc1ccc(COCc2ccccc2)cc1.I. The third-order valence-electron chi connectivity index (χ3n) is 3.69. The van der Waals surface area contributed by atoms with Crippen molar-refractivity contribution in [3.8, 4) is 0 Å². The van der Waals surface area contributed by atoms with E-state index < -0.39 is 0 Å². The summed E-state index contributed by atoms with van der Waals surface area (Å²) in [6.07, 6.45) is 2.10. The first kappa shape index (κ1) is 22.8. The molecule has 0 radical (unpaired) electrons. The lowest BCUT2D eigenvalue weighted by molar-refractivity contribution is 0.107. The Morgan fingerprint density at radius 2 is 1.54 bits per heavy atom. The third-order valence-corrected chi connectivity index (χ3v) is 4.30. The standard InChI is InChI=1S/C20H27N3OS.HI/c1-21-20(22-12-13-25-2)23-14-17-8-10-19(11-9-17)16-24-15-18-6-4-3-5-7-18;/h3-11H,12-16H2,1-2H3,(H2,21,22,23);1H. The minimum absolute atomic E-state index is 0. The largest absolute Gasteiger partial charge is 0.372 e. The minimum atomic E-state index is 0. The van der Waals surface area contributed by atoms with Crippen molar-refractivity contribution in [1.29, 1.82) is 0 Å². The van der Waals surface area contributed by atoms with E-state index in [-0.39, 0.29) is 24.0 Å². The Morgan fingerprint density at radius 1 is 0.923 bits per heavy atom. The number of thioether (sulfide) groups is 1. The molecular formula is C20H28IN3OS. The predicted octanol–water partition coefficient (Wildman–Crippen LogP) is 4.05. The summed E-state index contributed by atoms with van der Waals surface area (Å²) in [5, 5.41) is 6.62. The average molecular weight is 485 g/mol. The molecule has 0 bridgehead atoms. The van der Waals surface area contributed by atoms with E-state index in [1.54, 1.807) is 7.05 Å². The first-order chi connectivity index (χ1) is 12.3. The molecular weight excluding hydrogens is 457 g/mol. The average Bonchev–Trinajstić information content (AvgIpc) is 2.66. The van der Waals surface area contributed by atoms with Gasteiger partial charge in [-0.2, -0.15) is 11.8 Å². The number of aliphatic imine (C=N–C) groups is 1. The van der Waals surface area contributed by atoms with E-state index in [2.05, 4.69) is 58.3 Å². The highest BCUT2D eigenvalue weighted by Crippen LogP contribution is 2.08. The second-order valence-electron chi connectivity index (χ2n) is 5.64. The summed E-state index contributed by atoms with van der Waals surface area (Å²) in [7, 11) is 1.79. The maximum absolute atomic E-state index is 5.77. The smallest absolute Gasteiger partial charge is 0.191 e. The zero-order chi connectivity index (χ0) is 17.7. The summed E-state index contributed by atoms with van der Waals surface area (Å²) < 4.78 is 5.77. The van der Waals surface area contributed by atoms with Crippen LogP contribution in [0.25, 0.3) is 0 Å². The molecule has 26 heavy (non-hydrogen) atoms. The molecule has 0 heterocycles. The lowest BCUT2D eigenvalue weighted by Crippen LogP contribution is -2.37. The van der Waals surface area contributed by atoms with Gasteiger partial charge in [-0.05, 0) is 22.9 Å². The molecule has 6 heteroatoms. The van der Waals surface area contributed by atoms with Crippen LogP contribution in [0.4, 0.5) is 0 Å². The van der Waals surface area contributed by atoms with Crippen LogP contribution >= 0.6 is 35.7 Å². The molecule has 0 unspecified atom stereocenters. The number of ether oxygens (including phenoxy) is 1. The number of rotatable bonds is 9. The second kappa shape index (κ2) is 13.9. The van der Waals surface area contributed by atoms with E-state index in [1.165, 1.54) is 16.7 Å². The quantitative estimate of drug-likeness (QED) is 0.244. The summed E-state index contributed by atoms with van der Waals surface area (Å²) in [5.41, 5.74) is 3.60. The fourth-order valence-electron chi connectivity index (χ4n) is 2.29. The van der Waals surface area contributed by atoms with E-state index >= 15 is 0 Å². The zero-order valence-corrected chi connectivity index (χ0v) is 18.6. The molecule has 142 valence electrons. The molecule has 2 rings (SSSR count). The number of hydrogen-bond donors (Lipinski definition) is 2. The Hall–Kier alpha value is -1.25. The zero-order valence-electron chi connectivity index (χ0n) is 15.4. The molecule has 0 atom stereocenters. The maximum Gasteiger partial charge on any atom is 0.191 e. The first-order valence-corrected chi connectivity index (χ1v) is 9.84. The van der Waals surface area contributed by atoms with Crippen molar-refractivity contribution < 1.29 is 4.74 Å². The predicted molar refractivity (Wildman–Crippen MR) is 123 cm³/mol. The maximum atomic E-state index is 5.77. The molecule has 0 aliphatic carbocycles. The highest BCUT2D eigenvalue weighted by atomic mass is 127. The molecule has 4 nitrogen and oxygen atoms in total. The summed E-state index contributed by atoms with van der Waals surface area (Å²) in [6.45, 7) is 2.94. The molecule has 0 amide bonds. The summed E-state index contributed by atoms with van der Waals surface area (Å²) in [6, 6.07) is 18.7. The highest BCUT2D eigenvalue weighted by Gasteiger charge is 1.99. The van der Waals surface area contributed by atoms with Crippen molar-refractivity contribution in [3.05, 3.63) is 71.3 Å². The lowest BCUT2D eigenvalue weighted by Gasteiger charge is -2.12. The van der Waals surface area contributed by atoms with Gasteiger partial charge in [0.25, 0.3) is 0 Å². The van der Waals surface area contributed by atoms with Gasteiger partial charge in [0, 0.05) is 25.9 Å². The van der Waals surface area contributed by atoms with Gasteiger partial charge in [0.2, 0.25) is 0 Å². The van der Waals surface area contributed by atoms with E-state index in [0.717, 1.165) is 24.8 Å². The molecule has 0 aliphatic heterocycles. The van der Waals surface area contributed by atoms with Gasteiger partial charge < -0.3 is 15.4 Å². The number of guanidine groups is 1. The Labute approximate surface area is 178 Å². The van der Waals surface area contributed by atoms with Crippen LogP contribution < -0.4 is 10.6 Å². The Kier molecular flexibility index (Phi) is 12.2. The van der Waals surface area contributed by atoms with Crippen LogP contribution in [0.3, 0.4) is 0 Å². The summed E-state index contributed by atoms with van der Waals surface area (Å²) in [5.74, 6) is 1.91. The molecule has 0 fully saturated rings. The van der Waals surface area contributed by atoms with Gasteiger partial charge in [-0.3, -0.25) is 4.99 Å². The van der Waals surface area contributed by atoms with Crippen LogP contribution in [0, 0.1) is 0 Å². The molecule has 0 aliphatic rings. The molecule has 0 spiro atoms. The molecule has 2 aromatic carbocycles. The van der Waals surface area contributed by atoms with Gasteiger partial charge in [0.15, 0.2) is 5.96 Å². The highest BCUT2D eigenvalue weighted by molar-refractivity contribution is 14.0. The van der Waals surface area contributed by atoms with Crippen LogP contribution in [0.5, 0.6) is 0 Å². The molecule has 2 aromatic rings. The van der Waals surface area contributed by atoms with Gasteiger partial charge in [-0.1, -0.05) is 54.6 Å². The molecule has 0 aromatic heterocycles. The van der Waals surface area contributed by atoms with Crippen LogP contribution in [0.1, 0.15) is 16.7 Å². The van der Waals surface area contributed by atoms with Crippen LogP contribution in [-0.2, 0) is 24.5 Å². The van der Waals surface area contributed by atoms with Gasteiger partial charge in [-0.25, -0.2) is 0 Å². The van der Waals surface area contributed by atoms with Gasteiger partial charge in [0.1, 0.15) is 0 Å². The van der Waals surface area contributed by atoms with Crippen LogP contribution in [0.2, 0.25) is 0 Å². The van der Waals surface area contributed by atoms with Gasteiger partial charge >= 0.3 is 0 Å². The first-order valence-electron chi connectivity index (χ1n) is 8.44. The van der Waals surface area contributed by atoms with Gasteiger partial charge in [0.05, 0.1) is 13.2 Å². The second-order valence-corrected chi connectivity index (χ2v) is 6.63. The van der Waals surface area contributed by atoms with Crippen molar-refractivity contribution in [3.63, 3.8) is 0 Å². The summed E-state index contributed by atoms with van der Waals surface area (Å²) >= 11 is 1.82. The fraction of sp³-hybridized carbons (Fsp3) is 0.350. The van der Waals surface area contributed by atoms with Crippen molar-refractivity contribution in [2.24, 2.45) is 4.99 Å². The monoisotopic (exact) mass is 485 g/mol. The molecule has 2 N–H and O–H groups in total. The summed E-state index contributed by atoms with van der Waals surface area (Å²) in [4.78, 5) is 4.23. The Bertz CT molecular complexity index is 635. The third kappa shape index (κ3) is 8.91. The van der Waals surface area contributed by atoms with Crippen molar-refractivity contribution in [2.45, 2.75) is 19.8 Å². The minimum Gasteiger partial charge on any atom is -0.372 e. The van der Waals surface area contributed by atoms with E-state index in [0.29, 0.717) is 13.2 Å². The fourth-order valence-corrected chi connectivity index (χ4v) is 2.60. The van der Waals surface area contributed by atoms with Gasteiger partial charge in [-0.15, -0.1) is 24.0 Å². The topological polar surface area (TPSA) is 45.7 Å². The Balaban J connectivity index is 0.00000338. The number of nitrogens with zero attached hydrogens (tertiary/aromatic N) is 1. The number of nitrogens with one attached hydrogen (secondary N) is 2. The van der Waals surface area contributed by atoms with E-state index in [1.807, 2.05) is 30.0 Å². The number of hydrogen-bond acceptors (Lipinski definition) is 3. The van der Waals surface area contributed by atoms with E-state index in [4.69, 9.17) is 4.74 Å². The lowest BCUT2D eigenvalue weighted by atomic mass is 10.1. The normalized spacial score (nSPS) is 10.9. The van der Waals surface area contributed by atoms with Crippen molar-refractivity contribution in [1.82, 2.24) is 10.6 Å². The van der Waals surface area contributed by atoms with Crippen molar-refractivity contribution >= 4 is 41.7 Å². The van der Waals surface area contributed by atoms with Crippen molar-refractivity contribution in [2.75, 3.05) is 25.6 Å². The number of benzene rings is 2. The van der Waals surface area contributed by atoms with Crippen LogP contribution in [-0.4, -0.2) is 31.6 Å².